The molecular formula is C14H11N3O7. The summed E-state index contributed by atoms with van der Waals surface area (Å²) in [5.41, 5.74) is 1.45. The molecule has 10 heteroatoms. The van der Waals surface area contributed by atoms with Gasteiger partial charge in [0.2, 0.25) is 5.75 Å². The highest BCUT2D eigenvalue weighted by molar-refractivity contribution is 5.75. The normalized spacial score (nSPS) is 11.5. The van der Waals surface area contributed by atoms with Crippen molar-refractivity contribution < 1.29 is 24.6 Å². The van der Waals surface area contributed by atoms with Gasteiger partial charge >= 0.3 is 11.7 Å². The average Bonchev–Trinajstić information content (AvgIpc) is 2.55. The first-order valence-electron chi connectivity index (χ1n) is 6.53. The Kier molecular flexibility index (Phi) is 5.02. The van der Waals surface area contributed by atoms with Gasteiger partial charge in [0.1, 0.15) is 0 Å². The van der Waals surface area contributed by atoms with Crippen molar-refractivity contribution in [2.75, 3.05) is 0 Å². The summed E-state index contributed by atoms with van der Waals surface area (Å²) in [6.45, 7) is 0. The Morgan fingerprint density at radius 1 is 1.08 bits per heavy atom. The average molecular weight is 333 g/mol. The lowest BCUT2D eigenvalue weighted by atomic mass is 10.1. The lowest BCUT2D eigenvalue weighted by Crippen LogP contribution is -2.31. The quantitative estimate of drug-likeness (QED) is 0.579. The molecule has 10 nitrogen and oxygen atoms in total. The molecule has 0 bridgehead atoms. The van der Waals surface area contributed by atoms with Gasteiger partial charge in [-0.05, 0) is 11.6 Å². The monoisotopic (exact) mass is 333 g/mol. The van der Waals surface area contributed by atoms with Gasteiger partial charge in [0.25, 0.3) is 5.69 Å². The SMILES string of the molecule is O=C(O)[C@@H](NOc1ccc([N+](=O)[O-])cc1[N+](=O)[O-])c1ccccc1. The fraction of sp³-hybridized carbons (Fsp3) is 0.0714. The zero-order valence-electron chi connectivity index (χ0n) is 12.0. The molecule has 1 atom stereocenters. The van der Waals surface area contributed by atoms with Gasteiger partial charge in [-0.3, -0.25) is 25.0 Å². The molecule has 24 heavy (non-hydrogen) atoms. The molecule has 0 radical (unpaired) electrons. The Morgan fingerprint density at radius 3 is 2.29 bits per heavy atom. The van der Waals surface area contributed by atoms with Gasteiger partial charge in [-0.25, -0.2) is 0 Å². The van der Waals surface area contributed by atoms with Crippen LogP contribution in [0.4, 0.5) is 11.4 Å². The molecule has 0 aliphatic carbocycles. The van der Waals surface area contributed by atoms with Crippen molar-refractivity contribution in [3.05, 3.63) is 74.3 Å². The van der Waals surface area contributed by atoms with E-state index in [9.17, 15) is 30.1 Å². The van der Waals surface area contributed by atoms with Gasteiger partial charge in [0.15, 0.2) is 6.04 Å². The largest absolute Gasteiger partial charge is 0.480 e. The summed E-state index contributed by atoms with van der Waals surface area (Å²) in [7, 11) is 0. The molecule has 0 aromatic heterocycles. The Bertz CT molecular complexity index is 779. The van der Waals surface area contributed by atoms with Gasteiger partial charge in [-0.1, -0.05) is 30.3 Å². The van der Waals surface area contributed by atoms with Crippen LogP contribution in [0.5, 0.6) is 5.75 Å². The predicted octanol–water partition coefficient (Wildman–Crippen LogP) is 2.21. The van der Waals surface area contributed by atoms with Crippen molar-refractivity contribution in [2.45, 2.75) is 6.04 Å². The van der Waals surface area contributed by atoms with Crippen molar-refractivity contribution in [3.8, 4) is 5.75 Å². The van der Waals surface area contributed by atoms with E-state index in [1.165, 1.54) is 0 Å². The molecule has 0 heterocycles. The van der Waals surface area contributed by atoms with E-state index in [1.54, 1.807) is 30.3 Å². The van der Waals surface area contributed by atoms with Gasteiger partial charge < -0.3 is 9.94 Å². The Balaban J connectivity index is 2.25. The van der Waals surface area contributed by atoms with E-state index >= 15 is 0 Å². The minimum Gasteiger partial charge on any atom is -0.480 e. The molecule has 124 valence electrons. The number of nitrogens with one attached hydrogen (secondary N) is 1. The third-order valence-electron chi connectivity index (χ3n) is 3.02. The van der Waals surface area contributed by atoms with Crippen molar-refractivity contribution in [1.82, 2.24) is 5.48 Å². The number of hydroxylamine groups is 1. The first-order chi connectivity index (χ1) is 11.4. The summed E-state index contributed by atoms with van der Waals surface area (Å²) >= 11 is 0. The molecule has 0 aliphatic heterocycles. The molecule has 2 rings (SSSR count). The van der Waals surface area contributed by atoms with Crippen LogP contribution in [0.2, 0.25) is 0 Å². The predicted molar refractivity (Wildman–Crippen MR) is 80.3 cm³/mol. The van der Waals surface area contributed by atoms with Gasteiger partial charge in [0, 0.05) is 6.07 Å². The summed E-state index contributed by atoms with van der Waals surface area (Å²) < 4.78 is 0. The highest BCUT2D eigenvalue weighted by Gasteiger charge is 2.24. The fourth-order valence-electron chi connectivity index (χ4n) is 1.88. The smallest absolute Gasteiger partial charge is 0.328 e. The van der Waals surface area contributed by atoms with E-state index in [4.69, 9.17) is 4.84 Å². The van der Waals surface area contributed by atoms with Crippen LogP contribution in [0, 0.1) is 20.2 Å². The third-order valence-corrected chi connectivity index (χ3v) is 3.02. The molecule has 0 aliphatic rings. The highest BCUT2D eigenvalue weighted by atomic mass is 16.7. The lowest BCUT2D eigenvalue weighted by molar-refractivity contribution is -0.394. The number of rotatable bonds is 7. The zero-order chi connectivity index (χ0) is 17.7. The Morgan fingerprint density at radius 2 is 1.75 bits per heavy atom. The van der Waals surface area contributed by atoms with Gasteiger partial charge in [-0.15, -0.1) is 5.48 Å². The molecule has 2 N–H and O–H groups in total. The number of nitro groups is 2. The lowest BCUT2D eigenvalue weighted by Gasteiger charge is -2.15. The summed E-state index contributed by atoms with van der Waals surface area (Å²) in [6, 6.07) is 9.53. The summed E-state index contributed by atoms with van der Waals surface area (Å²) in [5, 5.41) is 30.9. The van der Waals surface area contributed by atoms with E-state index in [0.717, 1.165) is 18.2 Å². The number of carbonyl (C=O) groups is 1. The number of nitro benzene ring substituents is 2. The number of non-ortho nitro benzene ring substituents is 1. The summed E-state index contributed by atoms with van der Waals surface area (Å²) in [5.74, 6) is -1.60. The molecule has 0 amide bonds. The maximum Gasteiger partial charge on any atom is 0.328 e. The van der Waals surface area contributed by atoms with E-state index < -0.39 is 33.2 Å². The Labute approximate surface area is 134 Å². The molecule has 0 spiro atoms. The van der Waals surface area contributed by atoms with Crippen LogP contribution in [-0.2, 0) is 4.79 Å². The minimum absolute atomic E-state index is 0.340. The molecule has 0 saturated heterocycles. The van der Waals surface area contributed by atoms with E-state index in [1.807, 2.05) is 0 Å². The van der Waals surface area contributed by atoms with Crippen molar-refractivity contribution in [3.63, 3.8) is 0 Å². The molecule has 2 aromatic rings. The van der Waals surface area contributed by atoms with Crippen LogP contribution >= 0.6 is 0 Å². The maximum absolute atomic E-state index is 11.3. The number of benzene rings is 2. The van der Waals surface area contributed by atoms with Crippen molar-refractivity contribution >= 4 is 17.3 Å². The highest BCUT2D eigenvalue weighted by Crippen LogP contribution is 2.31. The second-order valence-electron chi connectivity index (χ2n) is 4.57. The number of nitrogens with zero attached hydrogens (tertiary/aromatic N) is 2. The van der Waals surface area contributed by atoms with Gasteiger partial charge in [-0.2, -0.15) is 0 Å². The standard InChI is InChI=1S/C14H11N3O7/c18-14(19)13(9-4-2-1-3-5-9)15-24-12-7-6-10(16(20)21)8-11(12)17(22)23/h1-8,13,15H,(H,18,19)/t13-/m0/s1. The number of aliphatic carboxylic acids is 1. The summed E-state index contributed by atoms with van der Waals surface area (Å²) in [4.78, 5) is 36.4. The maximum atomic E-state index is 11.3. The van der Waals surface area contributed by atoms with E-state index in [-0.39, 0.29) is 5.75 Å². The molecule has 0 saturated carbocycles. The first-order valence-corrected chi connectivity index (χ1v) is 6.53. The van der Waals surface area contributed by atoms with Crippen LogP contribution in [0.3, 0.4) is 0 Å². The van der Waals surface area contributed by atoms with Gasteiger partial charge in [0.05, 0.1) is 15.9 Å². The third kappa shape index (κ3) is 3.81. The fourth-order valence-corrected chi connectivity index (χ4v) is 1.88. The van der Waals surface area contributed by atoms with Crippen LogP contribution in [0.15, 0.2) is 48.5 Å². The minimum atomic E-state index is -1.28. The second-order valence-corrected chi connectivity index (χ2v) is 4.57. The first kappa shape index (κ1) is 16.8. The zero-order valence-corrected chi connectivity index (χ0v) is 12.0. The number of hydrogen-bond donors (Lipinski definition) is 2. The molecule has 0 fully saturated rings. The summed E-state index contributed by atoms with van der Waals surface area (Å²) in [6.07, 6.45) is 0. The van der Waals surface area contributed by atoms with Crippen LogP contribution in [0.25, 0.3) is 0 Å². The van der Waals surface area contributed by atoms with Crippen LogP contribution in [-0.4, -0.2) is 20.9 Å². The molecule has 0 unspecified atom stereocenters. The molecule has 2 aromatic carbocycles. The van der Waals surface area contributed by atoms with Crippen molar-refractivity contribution in [2.24, 2.45) is 0 Å². The van der Waals surface area contributed by atoms with Crippen LogP contribution < -0.4 is 10.3 Å². The van der Waals surface area contributed by atoms with E-state index in [0.29, 0.717) is 5.56 Å². The second kappa shape index (κ2) is 7.15. The number of carboxylic acid groups (broad SMARTS) is 1. The number of carboxylic acids is 1. The van der Waals surface area contributed by atoms with Crippen LogP contribution in [0.1, 0.15) is 11.6 Å². The van der Waals surface area contributed by atoms with E-state index in [2.05, 4.69) is 5.48 Å². The Hall–Kier alpha value is -3.53. The van der Waals surface area contributed by atoms with Crippen molar-refractivity contribution in [1.29, 1.82) is 0 Å². The molecular weight excluding hydrogens is 322 g/mol. The number of hydrogen-bond acceptors (Lipinski definition) is 7. The topological polar surface area (TPSA) is 145 Å².